The maximum Gasteiger partial charge on any atom is 0.262 e. The van der Waals surface area contributed by atoms with Gasteiger partial charge in [0.05, 0.1) is 0 Å². The summed E-state index contributed by atoms with van der Waals surface area (Å²) >= 11 is 1.39. The Balaban J connectivity index is 1.45. The molecule has 2 atom stereocenters. The summed E-state index contributed by atoms with van der Waals surface area (Å²) < 4.78 is 0. The van der Waals surface area contributed by atoms with Gasteiger partial charge in [0.25, 0.3) is 11.8 Å². The summed E-state index contributed by atoms with van der Waals surface area (Å²) in [7, 11) is 0. The molecule has 1 aromatic rings. The number of carbonyl (C=O) groups is 3. The summed E-state index contributed by atoms with van der Waals surface area (Å²) in [5.74, 6) is 0.0300. The molecule has 0 radical (unpaired) electrons. The van der Waals surface area contributed by atoms with Crippen LogP contribution in [0.4, 0.5) is 5.69 Å². The Morgan fingerprint density at radius 1 is 1.09 bits per heavy atom. The lowest BCUT2D eigenvalue weighted by Gasteiger charge is -2.27. The number of carbonyl (C=O) groups excluding carboxylic acids is 3. The zero-order chi connectivity index (χ0) is 23.1. The number of amidine groups is 1. The van der Waals surface area contributed by atoms with Gasteiger partial charge in [0.1, 0.15) is 5.25 Å². The first kappa shape index (κ1) is 24.3. The molecule has 0 aliphatic carbocycles. The molecule has 2 unspecified atom stereocenters. The average molecular weight is 459 g/mol. The van der Waals surface area contributed by atoms with Crippen LogP contribution in [0, 0.1) is 5.92 Å². The zero-order valence-corrected chi connectivity index (χ0v) is 20.0. The molecule has 1 saturated heterocycles. The Hall–Kier alpha value is -2.35. The van der Waals surface area contributed by atoms with Crippen LogP contribution in [0.3, 0.4) is 0 Å². The van der Waals surface area contributed by atoms with Crippen molar-refractivity contribution in [2.75, 3.05) is 18.4 Å². The number of thioether (sulfide) groups is 1. The van der Waals surface area contributed by atoms with Crippen LogP contribution in [0.2, 0.25) is 0 Å². The van der Waals surface area contributed by atoms with Gasteiger partial charge in [0.2, 0.25) is 5.91 Å². The molecule has 32 heavy (non-hydrogen) atoms. The van der Waals surface area contributed by atoms with E-state index in [9.17, 15) is 14.4 Å². The van der Waals surface area contributed by atoms with Gasteiger partial charge in [-0.25, -0.2) is 0 Å². The molecule has 1 aromatic carbocycles. The van der Waals surface area contributed by atoms with E-state index in [1.54, 1.807) is 24.3 Å². The normalized spacial score (nSPS) is 19.6. The fourth-order valence-corrected chi connectivity index (χ4v) is 4.89. The van der Waals surface area contributed by atoms with Crippen molar-refractivity contribution in [1.29, 1.82) is 0 Å². The number of hydrogen-bond donors (Lipinski definition) is 2. The fraction of sp³-hybridized carbons (Fsp3) is 0.583. The topological polar surface area (TPSA) is 90.9 Å². The lowest BCUT2D eigenvalue weighted by molar-refractivity contribution is -0.121. The number of amides is 3. The Bertz CT molecular complexity index is 847. The molecule has 0 bridgehead atoms. The van der Waals surface area contributed by atoms with Crippen LogP contribution in [0.1, 0.15) is 69.7 Å². The van der Waals surface area contributed by atoms with Crippen molar-refractivity contribution in [2.24, 2.45) is 10.9 Å². The second kappa shape index (κ2) is 11.5. The molecule has 0 spiro atoms. The predicted octanol–water partition coefficient (Wildman–Crippen LogP) is 4.05. The molecule has 8 heteroatoms. The Labute approximate surface area is 194 Å². The third kappa shape index (κ3) is 7.08. The SMILES string of the molecule is CC(C)CCC(C)NC(=O)c1ccc(NC(=O)CC2SC(N3CCCCC3)=NC2=O)cc1. The van der Waals surface area contributed by atoms with Crippen molar-refractivity contribution in [1.82, 2.24) is 10.2 Å². The average Bonchev–Trinajstić information content (AvgIpc) is 3.13. The van der Waals surface area contributed by atoms with E-state index in [-0.39, 0.29) is 30.2 Å². The first-order valence-corrected chi connectivity index (χ1v) is 12.4. The van der Waals surface area contributed by atoms with Crippen LogP contribution < -0.4 is 10.6 Å². The Morgan fingerprint density at radius 3 is 2.44 bits per heavy atom. The summed E-state index contributed by atoms with van der Waals surface area (Å²) in [5.41, 5.74) is 1.16. The van der Waals surface area contributed by atoms with E-state index in [1.807, 2.05) is 6.92 Å². The van der Waals surface area contributed by atoms with E-state index >= 15 is 0 Å². The molecule has 0 aromatic heterocycles. The maximum absolute atomic E-state index is 12.5. The minimum absolute atomic E-state index is 0.0833. The van der Waals surface area contributed by atoms with Gasteiger partial charge in [0.15, 0.2) is 5.17 Å². The van der Waals surface area contributed by atoms with Gasteiger partial charge in [-0.05, 0) is 69.2 Å². The van der Waals surface area contributed by atoms with Crippen LogP contribution in [0.5, 0.6) is 0 Å². The van der Waals surface area contributed by atoms with E-state index in [0.717, 1.165) is 43.9 Å². The summed E-state index contributed by atoms with van der Waals surface area (Å²) in [4.78, 5) is 43.4. The molecule has 1 fully saturated rings. The molecule has 2 N–H and O–H groups in total. The molecule has 2 aliphatic rings. The second-order valence-electron chi connectivity index (χ2n) is 9.06. The summed E-state index contributed by atoms with van der Waals surface area (Å²) in [6.45, 7) is 8.20. The minimum Gasteiger partial charge on any atom is -0.351 e. The molecule has 3 rings (SSSR count). The summed E-state index contributed by atoms with van der Waals surface area (Å²) in [5, 5.41) is 6.12. The third-order valence-electron chi connectivity index (χ3n) is 5.71. The summed E-state index contributed by atoms with van der Waals surface area (Å²) in [6.07, 6.45) is 5.54. The highest BCUT2D eigenvalue weighted by Gasteiger charge is 2.33. The lowest BCUT2D eigenvalue weighted by atomic mass is 10.0. The largest absolute Gasteiger partial charge is 0.351 e. The number of benzene rings is 1. The van der Waals surface area contributed by atoms with Crippen molar-refractivity contribution in [2.45, 2.75) is 70.6 Å². The fourth-order valence-electron chi connectivity index (χ4n) is 3.78. The van der Waals surface area contributed by atoms with E-state index < -0.39 is 5.25 Å². The molecule has 3 amide bonds. The van der Waals surface area contributed by atoms with Crippen LogP contribution >= 0.6 is 11.8 Å². The third-order valence-corrected chi connectivity index (χ3v) is 6.92. The standard InChI is InChI=1S/C24H34N4O3S/c1-16(2)7-8-17(3)25-22(30)18-9-11-19(12-10-18)26-21(29)15-20-23(31)27-24(32-20)28-13-5-4-6-14-28/h9-12,16-17,20H,4-8,13-15H2,1-3H3,(H,25,30)(H,26,29). The van der Waals surface area contributed by atoms with Gasteiger partial charge in [-0.1, -0.05) is 25.6 Å². The number of piperidine rings is 1. The second-order valence-corrected chi connectivity index (χ2v) is 10.2. The van der Waals surface area contributed by atoms with E-state index in [2.05, 4.69) is 34.4 Å². The molecule has 7 nitrogen and oxygen atoms in total. The van der Waals surface area contributed by atoms with Crippen molar-refractivity contribution in [3.63, 3.8) is 0 Å². The number of aliphatic imine (C=N–C) groups is 1. The highest BCUT2D eigenvalue weighted by Crippen LogP contribution is 2.29. The first-order valence-electron chi connectivity index (χ1n) is 11.6. The molecular formula is C24H34N4O3S. The van der Waals surface area contributed by atoms with Gasteiger partial charge in [0, 0.05) is 36.8 Å². The van der Waals surface area contributed by atoms with Gasteiger partial charge in [-0.2, -0.15) is 4.99 Å². The molecule has 2 aliphatic heterocycles. The molecule has 2 heterocycles. The first-order chi connectivity index (χ1) is 15.3. The van der Waals surface area contributed by atoms with Crippen LogP contribution in [0.25, 0.3) is 0 Å². The smallest absolute Gasteiger partial charge is 0.262 e. The number of hydrogen-bond acceptors (Lipinski definition) is 5. The van der Waals surface area contributed by atoms with Gasteiger partial charge in [-0.15, -0.1) is 0 Å². The van der Waals surface area contributed by atoms with Crippen LogP contribution in [-0.4, -0.2) is 52.2 Å². The number of anilines is 1. The maximum atomic E-state index is 12.5. The molecule has 0 saturated carbocycles. The highest BCUT2D eigenvalue weighted by molar-refractivity contribution is 8.15. The van der Waals surface area contributed by atoms with Gasteiger partial charge < -0.3 is 15.5 Å². The monoisotopic (exact) mass is 458 g/mol. The van der Waals surface area contributed by atoms with Crippen LogP contribution in [-0.2, 0) is 9.59 Å². The minimum atomic E-state index is -0.468. The predicted molar refractivity (Wildman–Crippen MR) is 130 cm³/mol. The van der Waals surface area contributed by atoms with Crippen molar-refractivity contribution >= 4 is 40.3 Å². The number of nitrogens with one attached hydrogen (secondary N) is 2. The molecule has 174 valence electrons. The lowest BCUT2D eigenvalue weighted by Crippen LogP contribution is -2.33. The van der Waals surface area contributed by atoms with Crippen molar-refractivity contribution in [3.8, 4) is 0 Å². The number of likely N-dealkylation sites (tertiary alicyclic amines) is 1. The number of nitrogens with zero attached hydrogens (tertiary/aromatic N) is 2. The highest BCUT2D eigenvalue weighted by atomic mass is 32.2. The quantitative estimate of drug-likeness (QED) is 0.613. The number of rotatable bonds is 8. The zero-order valence-electron chi connectivity index (χ0n) is 19.2. The van der Waals surface area contributed by atoms with E-state index in [1.165, 1.54) is 18.2 Å². The van der Waals surface area contributed by atoms with E-state index in [0.29, 0.717) is 17.2 Å². The Kier molecular flexibility index (Phi) is 8.73. The van der Waals surface area contributed by atoms with Gasteiger partial charge >= 0.3 is 0 Å². The van der Waals surface area contributed by atoms with Crippen molar-refractivity contribution < 1.29 is 14.4 Å². The summed E-state index contributed by atoms with van der Waals surface area (Å²) in [6, 6.07) is 6.94. The van der Waals surface area contributed by atoms with E-state index in [4.69, 9.17) is 0 Å². The van der Waals surface area contributed by atoms with Gasteiger partial charge in [-0.3, -0.25) is 14.4 Å². The Morgan fingerprint density at radius 2 is 1.78 bits per heavy atom. The van der Waals surface area contributed by atoms with Crippen LogP contribution in [0.15, 0.2) is 29.3 Å². The molecular weight excluding hydrogens is 424 g/mol. The van der Waals surface area contributed by atoms with Crippen molar-refractivity contribution in [3.05, 3.63) is 29.8 Å².